The first-order valence-corrected chi connectivity index (χ1v) is 10.6. The quantitative estimate of drug-likeness (QED) is 0.643. The van der Waals surface area contributed by atoms with Gasteiger partial charge in [-0.15, -0.1) is 0 Å². The van der Waals surface area contributed by atoms with E-state index in [-0.39, 0.29) is 29.6 Å². The van der Waals surface area contributed by atoms with E-state index in [1.165, 1.54) is 5.56 Å². The molecule has 5 heteroatoms. The number of hydrogen-bond acceptors (Lipinski definition) is 3. The molecule has 2 aliphatic heterocycles. The van der Waals surface area contributed by atoms with Crippen molar-refractivity contribution in [2.45, 2.75) is 63.8 Å². The summed E-state index contributed by atoms with van der Waals surface area (Å²) in [6.45, 7) is 6.36. The van der Waals surface area contributed by atoms with Gasteiger partial charge in [-0.25, -0.2) is 4.79 Å². The Morgan fingerprint density at radius 3 is 2.59 bits per heavy atom. The van der Waals surface area contributed by atoms with Crippen LogP contribution in [-0.2, 0) is 4.74 Å². The maximum absolute atomic E-state index is 11.5. The molecule has 0 saturated carbocycles. The second-order valence-corrected chi connectivity index (χ2v) is 9.08. The summed E-state index contributed by atoms with van der Waals surface area (Å²) in [5.41, 5.74) is 1.93. The van der Waals surface area contributed by atoms with Crippen molar-refractivity contribution in [3.63, 3.8) is 0 Å². The van der Waals surface area contributed by atoms with Crippen LogP contribution in [0.3, 0.4) is 0 Å². The van der Waals surface area contributed by atoms with Crippen LogP contribution in [0.4, 0.5) is 0 Å². The lowest BCUT2D eigenvalue weighted by molar-refractivity contribution is -0.160. The molecule has 0 aromatic heterocycles. The molecule has 1 saturated heterocycles. The zero-order valence-corrected chi connectivity index (χ0v) is 17.8. The highest BCUT2D eigenvalue weighted by atomic mass is 35.5. The van der Waals surface area contributed by atoms with Crippen LogP contribution < -0.4 is 4.74 Å². The minimum Gasteiger partial charge on any atom is -0.487 e. The molecule has 2 aromatic rings. The van der Waals surface area contributed by atoms with Gasteiger partial charge in [0.1, 0.15) is 11.4 Å². The van der Waals surface area contributed by atoms with Crippen LogP contribution >= 0.6 is 11.6 Å². The van der Waals surface area contributed by atoms with E-state index in [0.29, 0.717) is 0 Å². The van der Waals surface area contributed by atoms with Crippen molar-refractivity contribution in [1.82, 2.24) is 0 Å². The molecule has 2 aliphatic rings. The fourth-order valence-electron chi connectivity index (χ4n) is 4.84. The molecule has 2 aromatic carbocycles. The maximum atomic E-state index is 11.5. The third-order valence-corrected chi connectivity index (χ3v) is 6.60. The fraction of sp³-hybridized carbons (Fsp3) is 0.458. The number of rotatable bonds is 4. The number of carboxylic acids is 1. The average Bonchev–Trinajstić information content (AvgIpc) is 2.68. The number of fused-ring (bicyclic) bond motifs is 3. The van der Waals surface area contributed by atoms with Crippen LogP contribution in [0.25, 0.3) is 0 Å². The van der Waals surface area contributed by atoms with Crippen molar-refractivity contribution in [1.29, 1.82) is 0 Å². The van der Waals surface area contributed by atoms with Gasteiger partial charge in [0, 0.05) is 22.4 Å². The van der Waals surface area contributed by atoms with Crippen LogP contribution in [0, 0.1) is 5.92 Å². The topological polar surface area (TPSA) is 55.8 Å². The molecule has 0 unspecified atom stereocenters. The van der Waals surface area contributed by atoms with Gasteiger partial charge in [-0.3, -0.25) is 0 Å². The molecule has 0 amide bonds. The summed E-state index contributed by atoms with van der Waals surface area (Å²) in [4.78, 5) is 11.5. The predicted molar refractivity (Wildman–Crippen MR) is 113 cm³/mol. The van der Waals surface area contributed by atoms with Crippen LogP contribution in [-0.4, -0.2) is 22.8 Å². The molecule has 1 fully saturated rings. The van der Waals surface area contributed by atoms with Crippen molar-refractivity contribution in [3.05, 3.63) is 64.2 Å². The number of ether oxygens (including phenoxy) is 2. The van der Waals surface area contributed by atoms with E-state index in [0.717, 1.165) is 35.6 Å². The largest absolute Gasteiger partial charge is 0.487 e. The van der Waals surface area contributed by atoms with Gasteiger partial charge in [0.25, 0.3) is 0 Å². The smallest absolute Gasteiger partial charge is 0.335 e. The Hall–Kier alpha value is -2.04. The maximum Gasteiger partial charge on any atom is 0.335 e. The first-order chi connectivity index (χ1) is 13.8. The monoisotopic (exact) mass is 414 g/mol. The molecule has 0 aliphatic carbocycles. The van der Waals surface area contributed by atoms with E-state index in [1.54, 1.807) is 18.2 Å². The Morgan fingerprint density at radius 2 is 1.93 bits per heavy atom. The zero-order valence-electron chi connectivity index (χ0n) is 17.0. The van der Waals surface area contributed by atoms with Gasteiger partial charge in [0.05, 0.1) is 17.8 Å². The van der Waals surface area contributed by atoms with Crippen molar-refractivity contribution in [3.8, 4) is 5.75 Å². The Morgan fingerprint density at radius 1 is 1.21 bits per heavy atom. The summed E-state index contributed by atoms with van der Waals surface area (Å²) >= 11 is 6.10. The molecule has 0 radical (unpaired) electrons. The molecular weight excluding hydrogens is 388 g/mol. The van der Waals surface area contributed by atoms with Crippen molar-refractivity contribution in [2.24, 2.45) is 5.92 Å². The van der Waals surface area contributed by atoms with Gasteiger partial charge in [-0.2, -0.15) is 0 Å². The molecule has 4 rings (SSSR count). The molecule has 0 bridgehead atoms. The first kappa shape index (κ1) is 20.2. The number of carboxylic acid groups (broad SMARTS) is 1. The summed E-state index contributed by atoms with van der Waals surface area (Å²) in [5, 5.41) is 10.2. The molecule has 0 spiro atoms. The van der Waals surface area contributed by atoms with E-state index in [2.05, 4.69) is 32.9 Å². The second kappa shape index (κ2) is 7.66. The highest BCUT2D eigenvalue weighted by Crippen LogP contribution is 2.54. The lowest BCUT2D eigenvalue weighted by Crippen LogP contribution is -2.50. The van der Waals surface area contributed by atoms with Crippen LogP contribution in [0.15, 0.2) is 42.5 Å². The van der Waals surface area contributed by atoms with Gasteiger partial charge < -0.3 is 14.6 Å². The minimum absolute atomic E-state index is 0.0673. The first-order valence-electron chi connectivity index (χ1n) is 10.3. The fourth-order valence-corrected chi connectivity index (χ4v) is 4.96. The SMILES string of the molecule is CCC[C@@H]1O[C@@H]2c3cc(C(=O)O)ccc3OC(C)(C)[C@H]2C[C@@H]1c1ccc(Cl)cc1. The van der Waals surface area contributed by atoms with Crippen LogP contribution in [0.1, 0.15) is 73.5 Å². The second-order valence-electron chi connectivity index (χ2n) is 8.65. The van der Waals surface area contributed by atoms with Crippen molar-refractivity contribution >= 4 is 17.6 Å². The highest BCUT2D eigenvalue weighted by Gasteiger charge is 2.50. The third-order valence-electron chi connectivity index (χ3n) is 6.34. The summed E-state index contributed by atoms with van der Waals surface area (Å²) in [7, 11) is 0. The van der Waals surface area contributed by atoms with Crippen molar-refractivity contribution < 1.29 is 19.4 Å². The molecular formula is C24H27ClO4. The average molecular weight is 415 g/mol. The normalized spacial score (nSPS) is 27.4. The molecule has 4 atom stereocenters. The Balaban J connectivity index is 1.75. The molecule has 154 valence electrons. The Labute approximate surface area is 176 Å². The predicted octanol–water partition coefficient (Wildman–Crippen LogP) is 6.24. The van der Waals surface area contributed by atoms with E-state index >= 15 is 0 Å². The third kappa shape index (κ3) is 3.76. The summed E-state index contributed by atoms with van der Waals surface area (Å²) in [5.74, 6) is 0.156. The van der Waals surface area contributed by atoms with Crippen molar-refractivity contribution in [2.75, 3.05) is 0 Å². The van der Waals surface area contributed by atoms with Gasteiger partial charge in [0.15, 0.2) is 0 Å². The number of aromatic carboxylic acids is 1. The molecule has 29 heavy (non-hydrogen) atoms. The van der Waals surface area contributed by atoms with E-state index in [1.807, 2.05) is 12.1 Å². The zero-order chi connectivity index (χ0) is 20.8. The number of halogens is 1. The van der Waals surface area contributed by atoms with Gasteiger partial charge in [-0.05, 0) is 62.6 Å². The summed E-state index contributed by atoms with van der Waals surface area (Å²) < 4.78 is 13.0. The minimum atomic E-state index is -0.936. The van der Waals surface area contributed by atoms with E-state index < -0.39 is 11.6 Å². The summed E-state index contributed by atoms with van der Waals surface area (Å²) in [6, 6.07) is 13.1. The van der Waals surface area contributed by atoms with Crippen LogP contribution in [0.5, 0.6) is 5.75 Å². The molecule has 1 N–H and O–H groups in total. The Bertz CT molecular complexity index is 906. The molecule has 4 nitrogen and oxygen atoms in total. The standard InChI is InChI=1S/C24H27ClO4/c1-4-5-20-17(14-6-9-16(25)10-7-14)13-19-22(28-20)18-12-15(23(26)27)8-11-21(18)29-24(19,2)3/h6-12,17,19-20,22H,4-5,13H2,1-3H3,(H,26,27)/t17-,19+,20+,22-/m1/s1. The van der Waals surface area contributed by atoms with Crippen LogP contribution in [0.2, 0.25) is 5.02 Å². The van der Waals surface area contributed by atoms with Gasteiger partial charge in [-0.1, -0.05) is 37.1 Å². The van der Waals surface area contributed by atoms with E-state index in [4.69, 9.17) is 21.1 Å². The van der Waals surface area contributed by atoms with Gasteiger partial charge in [0.2, 0.25) is 0 Å². The number of carbonyl (C=O) groups is 1. The summed E-state index contributed by atoms with van der Waals surface area (Å²) in [6.07, 6.45) is 2.78. The Kier molecular flexibility index (Phi) is 5.34. The van der Waals surface area contributed by atoms with Gasteiger partial charge >= 0.3 is 5.97 Å². The lowest BCUT2D eigenvalue weighted by Gasteiger charge is -2.51. The lowest BCUT2D eigenvalue weighted by atomic mass is 9.69. The van der Waals surface area contributed by atoms with E-state index in [9.17, 15) is 9.90 Å². The molecule has 2 heterocycles. The highest BCUT2D eigenvalue weighted by molar-refractivity contribution is 6.30. The number of benzene rings is 2. The number of hydrogen-bond donors (Lipinski definition) is 1.